The molecule has 0 saturated carbocycles. The first-order chi connectivity index (χ1) is 2.41. The van der Waals surface area contributed by atoms with Crippen molar-refractivity contribution < 1.29 is 4.79 Å². The number of carbonyl (C=O) groups is 1. The van der Waals surface area contributed by atoms with Crippen LogP contribution in [0.4, 0.5) is 0 Å². The average molecular weight is 605 g/mol. The van der Waals surface area contributed by atoms with E-state index in [1.165, 1.54) is 0 Å². The Labute approximate surface area is 32.0 Å². The van der Waals surface area contributed by atoms with Gasteiger partial charge in [-0.25, -0.2) is 0 Å². The Balaban J connectivity index is -0.0000000800. The maximum absolute atomic E-state index is 9.37. The van der Waals surface area contributed by atoms with E-state index in [0.717, 1.165) is 6.29 Å². The molecule has 0 rings (SSSR count). The number of rotatable bonds is 2. The van der Waals surface area contributed by atoms with Crippen LogP contribution in [0.1, 0.15) is 13.3 Å². The second kappa shape index (κ2) is 58.3. The van der Waals surface area contributed by atoms with Crippen molar-refractivity contribution in [2.45, 2.75) is 13.3 Å². The zero-order chi connectivity index (χ0) is 4.12. The summed E-state index contributed by atoms with van der Waals surface area (Å²) >= 11 is 0. The average Bonchev–Trinajstić information content (AvgIpc) is 1.41. The minimum absolute atomic E-state index is 0. The van der Waals surface area contributed by atoms with E-state index in [1.54, 1.807) is 0 Å². The molecule has 3 heteroatoms. The van der Waals surface area contributed by atoms with E-state index < -0.39 is 0 Å². The fourth-order valence-electron chi connectivity index (χ4n) is 0.0962. The third-order valence-corrected chi connectivity index (χ3v) is 0.332. The van der Waals surface area contributed by atoms with Gasteiger partial charge in [-0.05, 0) is 0 Å². The molecule has 0 fully saturated rings. The largest absolute Gasteiger partial charge is 0.325 e. The Morgan fingerprint density at radius 1 is 1.57 bits per heavy atom. The summed E-state index contributed by atoms with van der Waals surface area (Å²) in [5, 5.41) is 0. The molecule has 0 unspecified atom stereocenters. The van der Waals surface area contributed by atoms with Crippen molar-refractivity contribution in [3.05, 3.63) is 6.42 Å². The van der Waals surface area contributed by atoms with Gasteiger partial charge in [-0.1, -0.05) is 0 Å². The van der Waals surface area contributed by atoms with E-state index >= 15 is 0 Å². The smallest absolute Gasteiger partial charge is 0.0900 e. The molecule has 0 N–H and O–H groups in total. The van der Waals surface area contributed by atoms with Gasteiger partial charge in [-0.15, -0.1) is 6.42 Å². The minimum Gasteiger partial charge on any atom is -0.325 e. The summed E-state index contributed by atoms with van der Waals surface area (Å²) in [5.74, 6) is 0. The van der Waals surface area contributed by atoms with Gasteiger partial charge in [0.25, 0.3) is 0 Å². The molecule has 0 radical (unpaired) electrons. The maximum Gasteiger partial charge on any atom is 0.0900 e. The third-order valence-electron chi connectivity index (χ3n) is 0.332. The normalized spacial score (nSPS) is 5.29. The molecule has 0 heterocycles. The van der Waals surface area contributed by atoms with Crippen LogP contribution in [-0.4, -0.2) is 6.29 Å². The van der Waals surface area contributed by atoms with Crippen LogP contribution >= 0.6 is 0 Å². The van der Waals surface area contributed by atoms with Crippen molar-refractivity contribution in [3.63, 3.8) is 0 Å². The van der Waals surface area contributed by atoms with Gasteiger partial charge >= 0.3 is 0 Å². The molecule has 0 aliphatic heterocycles. The summed E-state index contributed by atoms with van der Waals surface area (Å²) in [6.07, 6.45) is 3.27. The molecule has 0 aliphatic rings. The summed E-state index contributed by atoms with van der Waals surface area (Å²) in [6, 6.07) is 0. The molecule has 0 aromatic carbocycles. The molecule has 0 spiro atoms. The Morgan fingerprint density at radius 2 is 2.00 bits per heavy atom. The summed E-state index contributed by atoms with van der Waals surface area (Å²) in [7, 11) is 0. The predicted octanol–water partition coefficient (Wildman–Crippen LogP) is 0.800. The molecule has 0 aromatic rings. The number of unbranched alkanes of at least 4 members (excludes halogenated alkanes) is 1. The van der Waals surface area contributed by atoms with E-state index in [0.29, 0.717) is 6.42 Å². The molecule has 0 amide bonds. The van der Waals surface area contributed by atoms with Crippen LogP contribution < -0.4 is 0 Å². The van der Waals surface area contributed by atoms with Crippen molar-refractivity contribution in [3.8, 4) is 0 Å². The van der Waals surface area contributed by atoms with E-state index in [2.05, 4.69) is 0 Å². The van der Waals surface area contributed by atoms with Crippen LogP contribution in [0.5, 0.6) is 0 Å². The summed E-state index contributed by atoms with van der Waals surface area (Å²) in [6.45, 7) is 1.86. The van der Waals surface area contributed by atoms with Gasteiger partial charge in [0.2, 0.25) is 0 Å². The molecule has 0 atom stereocenters. The molecule has 0 aliphatic carbocycles. The van der Waals surface area contributed by atoms with Gasteiger partial charge < -0.3 is 11.2 Å². The molecular formula is C4H7ORf2-. The minimum atomic E-state index is 0. The first-order valence-corrected chi connectivity index (χ1v) is 1.63. The summed E-state index contributed by atoms with van der Waals surface area (Å²) in [5.41, 5.74) is 0. The van der Waals surface area contributed by atoms with Gasteiger partial charge in [0.15, 0.2) is 0 Å². The van der Waals surface area contributed by atoms with Gasteiger partial charge in [-0.2, -0.15) is 6.92 Å². The Morgan fingerprint density at radius 3 is 2.00 bits per heavy atom. The zero-order valence-electron chi connectivity index (χ0n) is 4.68. The SMILES string of the molecule is C[CH-]CC=O.[Rf].[Rf]. The van der Waals surface area contributed by atoms with E-state index in [9.17, 15) is 4.79 Å². The topological polar surface area (TPSA) is 17.1 Å². The van der Waals surface area contributed by atoms with Crippen LogP contribution in [0.25, 0.3) is 0 Å². The molecule has 7 heavy (non-hydrogen) atoms. The fraction of sp³-hybridized carbons (Fsp3) is 0.500. The van der Waals surface area contributed by atoms with Crippen LogP contribution in [0.2, 0.25) is 0 Å². The monoisotopic (exact) mass is 605 g/mol. The Kier molecular flexibility index (Phi) is 188. The molecule has 0 saturated heterocycles. The van der Waals surface area contributed by atoms with Crippen LogP contribution in [0.15, 0.2) is 0 Å². The fourth-order valence-corrected chi connectivity index (χ4v) is 0.0962. The first-order valence-electron chi connectivity index (χ1n) is 1.63. The molecule has 0 aromatic heterocycles. The Bertz CT molecular complexity index is 30.9. The first kappa shape index (κ1) is 22.6. The molecule has 0 bridgehead atoms. The molecule has 1 nitrogen and oxygen atoms in total. The van der Waals surface area contributed by atoms with Crippen molar-refractivity contribution in [2.75, 3.05) is 0 Å². The quantitative estimate of drug-likeness (QED) is 0.337. The molecular weight excluding hydrogens is 598 g/mol. The second-order valence-corrected chi connectivity index (χ2v) is 0.811. The van der Waals surface area contributed by atoms with Crippen LogP contribution in [0.3, 0.4) is 0 Å². The van der Waals surface area contributed by atoms with E-state index in [4.69, 9.17) is 0 Å². The van der Waals surface area contributed by atoms with Crippen molar-refractivity contribution in [2.24, 2.45) is 0 Å². The maximum atomic E-state index is 9.37. The number of carbonyl (C=O) groups excluding carboxylic acids is 1. The van der Waals surface area contributed by atoms with Gasteiger partial charge in [0.05, 0.1) is 6.29 Å². The van der Waals surface area contributed by atoms with E-state index in [-0.39, 0.29) is 0 Å². The predicted molar refractivity (Wildman–Crippen MR) is 20.7 cm³/mol. The number of aldehydes is 1. The van der Waals surface area contributed by atoms with Crippen molar-refractivity contribution >= 4 is 6.29 Å². The van der Waals surface area contributed by atoms with Gasteiger partial charge in [0, 0.05) is 0 Å². The molecule has 34 valence electrons. The van der Waals surface area contributed by atoms with Gasteiger partial charge in [-0.3, -0.25) is 0 Å². The third kappa shape index (κ3) is 94.0. The van der Waals surface area contributed by atoms with Crippen LogP contribution in [0, 0.1) is 6.42 Å². The standard InChI is InChI=1S/C4H7O.2Rf/c1-2-3-4-5;;/h2,4H,3H2,1H3;;/q-1;;. The van der Waals surface area contributed by atoms with Crippen molar-refractivity contribution in [1.29, 1.82) is 0 Å². The van der Waals surface area contributed by atoms with Crippen LogP contribution in [-0.2, 0) is 4.79 Å². The zero-order valence-corrected chi connectivity index (χ0v) is 17.5. The van der Waals surface area contributed by atoms with Crippen molar-refractivity contribution in [1.82, 2.24) is 0 Å². The van der Waals surface area contributed by atoms with Gasteiger partial charge in [0.1, 0.15) is 0 Å². The summed E-state index contributed by atoms with van der Waals surface area (Å²) in [4.78, 5) is 9.37. The number of hydrogen-bond donors (Lipinski definition) is 0. The number of hydrogen-bond acceptors (Lipinski definition) is 1. The summed E-state index contributed by atoms with van der Waals surface area (Å²) < 4.78 is 0. The Hall–Kier alpha value is -2.33. The van der Waals surface area contributed by atoms with E-state index in [1.807, 2.05) is 13.3 Å². The second-order valence-electron chi connectivity index (χ2n) is 0.811.